The smallest absolute Gasteiger partial charge is 0.338 e. The zero-order valence-electron chi connectivity index (χ0n) is 13.5. The molecule has 126 valence electrons. The van der Waals surface area contributed by atoms with Crippen LogP contribution < -0.4 is 0 Å². The minimum absolute atomic E-state index is 0.321. The lowest BCUT2D eigenvalue weighted by molar-refractivity contribution is 0.0115. The molecule has 0 bridgehead atoms. The molecular formula is C19H19BrO4. The molecule has 2 rings (SSSR count). The van der Waals surface area contributed by atoms with Crippen LogP contribution in [-0.2, 0) is 9.47 Å². The summed E-state index contributed by atoms with van der Waals surface area (Å²) in [7, 11) is 0. The van der Waals surface area contributed by atoms with Gasteiger partial charge in [0.2, 0.25) is 0 Å². The van der Waals surface area contributed by atoms with E-state index < -0.39 is 24.1 Å². The van der Waals surface area contributed by atoms with Crippen molar-refractivity contribution in [2.24, 2.45) is 0 Å². The number of rotatable bonds is 6. The second kappa shape index (κ2) is 8.64. The maximum Gasteiger partial charge on any atom is 0.338 e. The number of carbonyl (C=O) groups excluding carboxylic acids is 2. The summed E-state index contributed by atoms with van der Waals surface area (Å²) in [6, 6.07) is 17.5. The quantitative estimate of drug-likeness (QED) is 0.546. The Morgan fingerprint density at radius 1 is 0.750 bits per heavy atom. The maximum atomic E-state index is 12.1. The first-order chi connectivity index (χ1) is 11.5. The van der Waals surface area contributed by atoms with Gasteiger partial charge in [-0.2, -0.15) is 0 Å². The first-order valence-electron chi connectivity index (χ1n) is 7.65. The summed E-state index contributed by atoms with van der Waals surface area (Å²) in [5, 5.41) is 0. The summed E-state index contributed by atoms with van der Waals surface area (Å²) in [5.41, 5.74) is 0.968. The zero-order valence-corrected chi connectivity index (χ0v) is 15.1. The molecule has 0 amide bonds. The van der Waals surface area contributed by atoms with Crippen molar-refractivity contribution >= 4 is 27.9 Å². The highest BCUT2D eigenvalue weighted by Gasteiger charge is 2.27. The van der Waals surface area contributed by atoms with Crippen LogP contribution in [0.3, 0.4) is 0 Å². The molecule has 2 atom stereocenters. The van der Waals surface area contributed by atoms with E-state index in [1.807, 2.05) is 12.1 Å². The Morgan fingerprint density at radius 2 is 1.08 bits per heavy atom. The molecule has 0 aliphatic rings. The van der Waals surface area contributed by atoms with Gasteiger partial charge in [0.15, 0.2) is 0 Å². The third kappa shape index (κ3) is 4.93. The van der Waals surface area contributed by atoms with Crippen LogP contribution in [0.1, 0.15) is 34.6 Å². The molecule has 0 heterocycles. The van der Waals surface area contributed by atoms with Gasteiger partial charge in [-0.1, -0.05) is 52.3 Å². The van der Waals surface area contributed by atoms with E-state index in [1.165, 1.54) is 0 Å². The number of hydrogen-bond donors (Lipinski definition) is 0. The van der Waals surface area contributed by atoms with Crippen molar-refractivity contribution < 1.29 is 19.1 Å². The average molecular weight is 391 g/mol. The normalized spacial score (nSPS) is 14.3. The Bertz CT molecular complexity index is 613. The van der Waals surface area contributed by atoms with Gasteiger partial charge in [-0.15, -0.1) is 0 Å². The number of ether oxygens (including phenoxy) is 2. The Morgan fingerprint density at radius 3 is 1.42 bits per heavy atom. The highest BCUT2D eigenvalue weighted by Crippen LogP contribution is 2.19. The van der Waals surface area contributed by atoms with E-state index in [4.69, 9.17) is 9.47 Å². The molecule has 24 heavy (non-hydrogen) atoms. The van der Waals surface area contributed by atoms with E-state index in [9.17, 15) is 9.59 Å². The largest absolute Gasteiger partial charge is 0.458 e. The van der Waals surface area contributed by atoms with Gasteiger partial charge < -0.3 is 9.47 Å². The number of halogens is 1. The molecule has 0 saturated carbocycles. The molecule has 0 saturated heterocycles. The molecule has 0 aliphatic heterocycles. The van der Waals surface area contributed by atoms with Gasteiger partial charge >= 0.3 is 11.9 Å². The molecular weight excluding hydrogens is 372 g/mol. The lowest BCUT2D eigenvalue weighted by Gasteiger charge is -2.24. The predicted molar refractivity (Wildman–Crippen MR) is 95.4 cm³/mol. The van der Waals surface area contributed by atoms with E-state index in [-0.39, 0.29) is 4.83 Å². The topological polar surface area (TPSA) is 52.6 Å². The number of carbonyl (C=O) groups is 2. The predicted octanol–water partition coefficient (Wildman–Crippen LogP) is 4.24. The summed E-state index contributed by atoms with van der Waals surface area (Å²) in [6.07, 6.45) is -0.924. The Balaban J connectivity index is 1.91. The molecule has 4 nitrogen and oxygen atoms in total. The fourth-order valence-electron chi connectivity index (χ4n) is 2.13. The number of benzene rings is 2. The number of hydrogen-bond acceptors (Lipinski definition) is 4. The molecule has 0 radical (unpaired) electrons. The maximum absolute atomic E-state index is 12.1. The fraction of sp³-hybridized carbons (Fsp3) is 0.263. The Hall–Kier alpha value is -2.14. The second-order valence-electron chi connectivity index (χ2n) is 5.40. The van der Waals surface area contributed by atoms with Crippen molar-refractivity contribution in [3.8, 4) is 0 Å². The summed E-state index contributed by atoms with van der Waals surface area (Å²) in [5.74, 6) is -0.816. The van der Waals surface area contributed by atoms with Crippen LogP contribution in [-0.4, -0.2) is 29.0 Å². The average Bonchev–Trinajstić information content (AvgIpc) is 2.62. The van der Waals surface area contributed by atoms with Gasteiger partial charge in [-0.3, -0.25) is 0 Å². The fourth-order valence-corrected chi connectivity index (χ4v) is 2.35. The van der Waals surface area contributed by atoms with Crippen molar-refractivity contribution in [1.82, 2.24) is 0 Å². The Kier molecular flexibility index (Phi) is 6.55. The second-order valence-corrected chi connectivity index (χ2v) is 6.45. The van der Waals surface area contributed by atoms with E-state index in [0.29, 0.717) is 11.1 Å². The van der Waals surface area contributed by atoms with Crippen LogP contribution in [0.25, 0.3) is 0 Å². The Labute approximate surface area is 149 Å². The van der Waals surface area contributed by atoms with E-state index in [0.717, 1.165) is 0 Å². The van der Waals surface area contributed by atoms with Crippen molar-refractivity contribution in [3.05, 3.63) is 71.8 Å². The lowest BCUT2D eigenvalue weighted by atomic mass is 10.1. The van der Waals surface area contributed by atoms with Crippen LogP contribution in [0, 0.1) is 0 Å². The number of alkyl halides is 1. The molecule has 0 aliphatic carbocycles. The van der Waals surface area contributed by atoms with E-state index in [1.54, 1.807) is 62.4 Å². The number of esters is 2. The van der Waals surface area contributed by atoms with Gasteiger partial charge in [0.05, 0.1) is 16.0 Å². The standard InChI is InChI=1S/C19H19BrO4/c1-13(23-18(21)15-9-5-3-6-10-15)17(20)14(2)24-19(22)16-11-7-4-8-12-16/h3-14,17H,1-2H3. The third-order valence-corrected chi connectivity index (χ3v) is 4.99. The first-order valence-corrected chi connectivity index (χ1v) is 8.56. The lowest BCUT2D eigenvalue weighted by Crippen LogP contribution is -2.35. The molecule has 0 fully saturated rings. The summed E-state index contributed by atoms with van der Waals surface area (Å²) in [4.78, 5) is 23.8. The van der Waals surface area contributed by atoms with Crippen LogP contribution in [0.4, 0.5) is 0 Å². The molecule has 2 aromatic carbocycles. The molecule has 0 N–H and O–H groups in total. The monoisotopic (exact) mass is 390 g/mol. The van der Waals surface area contributed by atoms with Crippen LogP contribution in [0.2, 0.25) is 0 Å². The van der Waals surface area contributed by atoms with Crippen molar-refractivity contribution in [3.63, 3.8) is 0 Å². The van der Waals surface area contributed by atoms with Gasteiger partial charge in [0.25, 0.3) is 0 Å². The zero-order chi connectivity index (χ0) is 17.5. The summed E-state index contributed by atoms with van der Waals surface area (Å²) < 4.78 is 10.9. The minimum atomic E-state index is -0.462. The minimum Gasteiger partial charge on any atom is -0.458 e. The highest BCUT2D eigenvalue weighted by molar-refractivity contribution is 9.09. The SMILES string of the molecule is CC(OC(=O)c1ccccc1)C(Br)C(C)OC(=O)c1ccccc1. The van der Waals surface area contributed by atoms with Gasteiger partial charge in [-0.05, 0) is 38.1 Å². The van der Waals surface area contributed by atoms with E-state index in [2.05, 4.69) is 15.9 Å². The molecule has 2 unspecified atom stereocenters. The van der Waals surface area contributed by atoms with Crippen molar-refractivity contribution in [2.75, 3.05) is 0 Å². The summed E-state index contributed by atoms with van der Waals surface area (Å²) in [6.45, 7) is 3.51. The molecule has 0 spiro atoms. The van der Waals surface area contributed by atoms with Gasteiger partial charge in [-0.25, -0.2) is 9.59 Å². The third-order valence-electron chi connectivity index (χ3n) is 3.50. The van der Waals surface area contributed by atoms with Gasteiger partial charge in [0.1, 0.15) is 12.2 Å². The van der Waals surface area contributed by atoms with Crippen LogP contribution in [0.15, 0.2) is 60.7 Å². The van der Waals surface area contributed by atoms with E-state index >= 15 is 0 Å². The van der Waals surface area contributed by atoms with Gasteiger partial charge in [0, 0.05) is 0 Å². The van der Waals surface area contributed by atoms with Crippen molar-refractivity contribution in [2.45, 2.75) is 30.9 Å². The van der Waals surface area contributed by atoms with Crippen LogP contribution >= 0.6 is 15.9 Å². The first kappa shape index (κ1) is 18.2. The highest BCUT2D eigenvalue weighted by atomic mass is 79.9. The molecule has 0 aromatic heterocycles. The molecule has 5 heteroatoms. The summed E-state index contributed by atoms with van der Waals surface area (Å²) >= 11 is 3.46. The van der Waals surface area contributed by atoms with Crippen molar-refractivity contribution in [1.29, 1.82) is 0 Å². The van der Waals surface area contributed by atoms with Crippen LogP contribution in [0.5, 0.6) is 0 Å². The molecule has 2 aromatic rings.